The Morgan fingerprint density at radius 2 is 1.89 bits per heavy atom. The largest absolute Gasteiger partial charge is 0.484 e. The molecule has 11 heteroatoms. The van der Waals surface area contributed by atoms with Gasteiger partial charge in [0, 0.05) is 22.0 Å². The van der Waals surface area contributed by atoms with Gasteiger partial charge >= 0.3 is 11.9 Å². The van der Waals surface area contributed by atoms with Gasteiger partial charge in [0.25, 0.3) is 5.91 Å². The maximum atomic E-state index is 12.6. The Morgan fingerprint density at radius 1 is 1.22 bits per heavy atom. The van der Waals surface area contributed by atoms with Crippen molar-refractivity contribution in [3.63, 3.8) is 0 Å². The smallest absolute Gasteiger partial charge is 0.323 e. The van der Waals surface area contributed by atoms with E-state index in [4.69, 9.17) is 14.6 Å². The number of benzene rings is 1. The molecule has 10 nitrogen and oxygen atoms in total. The number of carbonyl (C=O) groups is 4. The van der Waals surface area contributed by atoms with Crippen molar-refractivity contribution in [1.29, 1.82) is 0 Å². The van der Waals surface area contributed by atoms with Crippen molar-refractivity contribution < 1.29 is 38.0 Å². The summed E-state index contributed by atoms with van der Waals surface area (Å²) >= 11 is 0. The fraction of sp³-hybridized carbons (Fsp3) is 0.520. The summed E-state index contributed by atoms with van der Waals surface area (Å²) in [5, 5.41) is 13.1. The van der Waals surface area contributed by atoms with Crippen molar-refractivity contribution in [3.8, 4) is 5.75 Å². The lowest BCUT2D eigenvalue weighted by Gasteiger charge is -2.47. The van der Waals surface area contributed by atoms with Crippen LogP contribution in [0.25, 0.3) is 0 Å². The first kappa shape index (κ1) is 29.0. The summed E-state index contributed by atoms with van der Waals surface area (Å²) in [6.07, 6.45) is 0.653. The highest BCUT2D eigenvalue weighted by Crippen LogP contribution is 2.27. The fourth-order valence-corrected chi connectivity index (χ4v) is 4.68. The van der Waals surface area contributed by atoms with Crippen molar-refractivity contribution in [3.05, 3.63) is 40.8 Å². The molecule has 36 heavy (non-hydrogen) atoms. The molecule has 0 aromatic heterocycles. The summed E-state index contributed by atoms with van der Waals surface area (Å²) in [6.45, 7) is 7.01. The molecule has 2 rings (SSSR count). The first-order valence-electron chi connectivity index (χ1n) is 11.8. The molecule has 1 heterocycles. The predicted octanol–water partition coefficient (Wildman–Crippen LogP) is 1.96. The summed E-state index contributed by atoms with van der Waals surface area (Å²) < 4.78 is 22.9. The van der Waals surface area contributed by atoms with Crippen LogP contribution in [-0.4, -0.2) is 75.6 Å². The van der Waals surface area contributed by atoms with Crippen LogP contribution in [0.1, 0.15) is 52.0 Å². The standard InChI is InChI=1S/C25H34N2O8S/c1-5-11-34-22(31)10-12-36(33)15-17(4)24-23(25(32)27(24)13-21(29)30)26-20(28)14-35-19-8-6-18(7-9-19)16(2)3/h6-9,15-16,23-24H,5,10-14H2,1-4H3,(H,26,28)(H,29,30). The molecular formula is C25H34N2O8S. The molecule has 1 aromatic rings. The van der Waals surface area contributed by atoms with Gasteiger partial charge in [-0.25, -0.2) is 0 Å². The van der Waals surface area contributed by atoms with Crippen molar-refractivity contribution in [2.24, 2.45) is 0 Å². The molecular weight excluding hydrogens is 488 g/mol. The summed E-state index contributed by atoms with van der Waals surface area (Å²) in [5.41, 5.74) is 1.58. The number of likely N-dealkylation sites (tertiary alicyclic amines) is 1. The second-order valence-electron chi connectivity index (χ2n) is 8.78. The third kappa shape index (κ3) is 8.47. The van der Waals surface area contributed by atoms with Gasteiger partial charge in [-0.3, -0.25) is 23.4 Å². The average Bonchev–Trinajstić information content (AvgIpc) is 2.83. The summed E-state index contributed by atoms with van der Waals surface area (Å²) in [6, 6.07) is 5.55. The van der Waals surface area contributed by atoms with Gasteiger partial charge in [-0.2, -0.15) is 0 Å². The van der Waals surface area contributed by atoms with Gasteiger partial charge in [-0.1, -0.05) is 32.9 Å². The Balaban J connectivity index is 2.00. The topological polar surface area (TPSA) is 139 Å². The zero-order valence-corrected chi connectivity index (χ0v) is 21.8. The van der Waals surface area contributed by atoms with E-state index in [1.54, 1.807) is 19.1 Å². The number of hydrogen-bond donors (Lipinski definition) is 2. The fourth-order valence-electron chi connectivity index (χ4n) is 3.64. The van der Waals surface area contributed by atoms with Gasteiger partial charge in [0.1, 0.15) is 18.3 Å². The summed E-state index contributed by atoms with van der Waals surface area (Å²) in [4.78, 5) is 49.0. The van der Waals surface area contributed by atoms with Crippen molar-refractivity contribution >= 4 is 34.6 Å². The number of rotatable bonds is 14. The number of ether oxygens (including phenoxy) is 2. The van der Waals surface area contributed by atoms with Crippen LogP contribution < -0.4 is 10.1 Å². The first-order chi connectivity index (χ1) is 17.0. The molecule has 1 aliphatic rings. The molecule has 1 aromatic carbocycles. The Labute approximate surface area is 213 Å². The SMILES string of the molecule is CCCOC(=O)CCS(=O)C=C(C)C1C(NC(=O)COc2ccc(C(C)C)cc2)C(=O)N1CC(=O)O. The number of aliphatic carboxylic acids is 1. The Bertz CT molecular complexity index is 1010. The van der Waals surface area contributed by atoms with Crippen molar-refractivity contribution in [2.45, 2.75) is 58.5 Å². The minimum Gasteiger partial charge on any atom is -0.484 e. The highest BCUT2D eigenvalue weighted by atomic mass is 32.2. The normalized spacial score (nSPS) is 18.4. The van der Waals surface area contributed by atoms with Crippen LogP contribution in [-0.2, 0) is 34.7 Å². The molecule has 3 unspecified atom stereocenters. The molecule has 3 atom stereocenters. The van der Waals surface area contributed by atoms with Crippen molar-refractivity contribution in [1.82, 2.24) is 10.2 Å². The van der Waals surface area contributed by atoms with Gasteiger partial charge < -0.3 is 24.8 Å². The molecule has 198 valence electrons. The van der Waals surface area contributed by atoms with E-state index in [2.05, 4.69) is 19.2 Å². The lowest BCUT2D eigenvalue weighted by atomic mass is 9.89. The van der Waals surface area contributed by atoms with Crippen LogP contribution in [0.3, 0.4) is 0 Å². The van der Waals surface area contributed by atoms with Gasteiger partial charge in [0.2, 0.25) is 5.91 Å². The number of carbonyl (C=O) groups excluding carboxylic acids is 3. The minimum atomic E-state index is -1.55. The second kappa shape index (κ2) is 13.8. The number of hydrogen-bond acceptors (Lipinski definition) is 7. The molecule has 2 N–H and O–H groups in total. The highest BCUT2D eigenvalue weighted by Gasteiger charge is 2.49. The molecule has 1 fully saturated rings. The van der Waals surface area contributed by atoms with Crippen LogP contribution in [0, 0.1) is 0 Å². The maximum Gasteiger partial charge on any atom is 0.323 e. The zero-order chi connectivity index (χ0) is 26.8. The molecule has 1 saturated heterocycles. The van der Waals surface area contributed by atoms with E-state index in [0.29, 0.717) is 30.3 Å². The number of β-lactam (4-membered cyclic amide) rings is 1. The van der Waals surface area contributed by atoms with Crippen LogP contribution >= 0.6 is 0 Å². The highest BCUT2D eigenvalue weighted by molar-refractivity contribution is 7.88. The Morgan fingerprint density at radius 3 is 2.47 bits per heavy atom. The third-order valence-corrected chi connectivity index (χ3v) is 6.74. The van der Waals surface area contributed by atoms with E-state index in [1.165, 1.54) is 5.41 Å². The van der Waals surface area contributed by atoms with Crippen LogP contribution in [0.15, 0.2) is 35.2 Å². The number of nitrogens with one attached hydrogen (secondary N) is 1. The molecule has 1 aliphatic heterocycles. The molecule has 0 aliphatic carbocycles. The lowest BCUT2D eigenvalue weighted by molar-refractivity contribution is -0.158. The maximum absolute atomic E-state index is 12.6. The van der Waals surface area contributed by atoms with E-state index in [1.807, 2.05) is 19.1 Å². The first-order valence-corrected chi connectivity index (χ1v) is 13.2. The average molecular weight is 523 g/mol. The van der Waals surface area contributed by atoms with Crippen molar-refractivity contribution in [2.75, 3.05) is 25.5 Å². The van der Waals surface area contributed by atoms with Crippen LogP contribution in [0.2, 0.25) is 0 Å². The number of esters is 1. The van der Waals surface area contributed by atoms with Crippen LogP contribution in [0.4, 0.5) is 0 Å². The number of carboxylic acid groups (broad SMARTS) is 1. The molecule has 0 saturated carbocycles. The van der Waals surface area contributed by atoms with E-state index in [9.17, 15) is 23.4 Å². The molecule has 0 spiro atoms. The zero-order valence-electron chi connectivity index (χ0n) is 21.0. The molecule has 0 radical (unpaired) electrons. The van der Waals surface area contributed by atoms with Gasteiger partial charge in [0.05, 0.1) is 19.1 Å². The Kier molecular flexibility index (Phi) is 11.1. The van der Waals surface area contributed by atoms with Gasteiger partial charge in [-0.15, -0.1) is 0 Å². The summed E-state index contributed by atoms with van der Waals surface area (Å²) in [7, 11) is -1.55. The van der Waals surface area contributed by atoms with Crippen LogP contribution in [0.5, 0.6) is 5.75 Å². The van der Waals surface area contributed by atoms with Gasteiger partial charge in [0.15, 0.2) is 6.61 Å². The Hall–Kier alpha value is -3.21. The second-order valence-corrected chi connectivity index (χ2v) is 10.2. The van der Waals surface area contributed by atoms with Gasteiger partial charge in [-0.05, 0) is 42.5 Å². The molecule has 2 amide bonds. The predicted molar refractivity (Wildman–Crippen MR) is 134 cm³/mol. The van der Waals surface area contributed by atoms with E-state index in [-0.39, 0.29) is 18.8 Å². The number of nitrogens with zero attached hydrogens (tertiary/aromatic N) is 1. The lowest BCUT2D eigenvalue weighted by Crippen LogP contribution is -2.72. The van der Waals surface area contributed by atoms with E-state index >= 15 is 0 Å². The van der Waals surface area contributed by atoms with E-state index < -0.39 is 53.2 Å². The minimum absolute atomic E-state index is 0.0277. The summed E-state index contributed by atoms with van der Waals surface area (Å²) in [5.74, 6) is -1.88. The number of carboxylic acids is 1. The number of amides is 2. The quantitative estimate of drug-likeness (QED) is 0.279. The third-order valence-electron chi connectivity index (χ3n) is 5.50. The molecule has 0 bridgehead atoms. The van der Waals surface area contributed by atoms with E-state index in [0.717, 1.165) is 10.5 Å². The monoisotopic (exact) mass is 522 g/mol.